The van der Waals surface area contributed by atoms with E-state index in [1.54, 1.807) is 0 Å². The van der Waals surface area contributed by atoms with E-state index in [-0.39, 0.29) is 23.1 Å². The summed E-state index contributed by atoms with van der Waals surface area (Å²) in [6, 6.07) is 101. The van der Waals surface area contributed by atoms with Crippen LogP contribution in [0.5, 0.6) is 0 Å². The summed E-state index contributed by atoms with van der Waals surface area (Å²) < 4.78 is 0. The predicted octanol–water partition coefficient (Wildman–Crippen LogP) is 34.6. The summed E-state index contributed by atoms with van der Waals surface area (Å²) in [5.74, 6) is 0.421. The first-order valence-corrected chi connectivity index (χ1v) is 49.4. The Hall–Kier alpha value is -13.8. The van der Waals surface area contributed by atoms with Crippen LogP contribution >= 0.6 is 0 Å². The van der Waals surface area contributed by atoms with Gasteiger partial charge in [0, 0.05) is 44.5 Å². The highest BCUT2D eigenvalue weighted by Crippen LogP contribution is 2.28. The van der Waals surface area contributed by atoms with Crippen LogP contribution in [0.3, 0.4) is 0 Å². The van der Waals surface area contributed by atoms with Crippen molar-refractivity contribution in [1.82, 2.24) is 0 Å². The van der Waals surface area contributed by atoms with Crippen LogP contribution in [0.15, 0.2) is 291 Å². The van der Waals surface area contributed by atoms with Crippen LogP contribution in [0.1, 0.15) is 286 Å². The lowest BCUT2D eigenvalue weighted by Crippen LogP contribution is -2.05. The Balaban J connectivity index is 0.000000179. The van der Waals surface area contributed by atoms with Gasteiger partial charge in [-0.15, -0.1) is 0 Å². The molecule has 140 heavy (non-hydrogen) atoms. The minimum Gasteiger partial charge on any atom is -0.289 e. The Morgan fingerprint density at radius 1 is 0.143 bits per heavy atom. The van der Waals surface area contributed by atoms with Crippen molar-refractivity contribution in [1.29, 1.82) is 0 Å². The van der Waals surface area contributed by atoms with Crippen LogP contribution < -0.4 is 0 Å². The molecule has 4 nitrogen and oxygen atoms in total. The molecule has 0 aromatic heterocycles. The van der Waals surface area contributed by atoms with Crippen LogP contribution in [-0.2, 0) is 25.7 Å². The van der Waals surface area contributed by atoms with Crippen molar-refractivity contribution in [3.8, 4) is 0 Å². The fourth-order valence-electron chi connectivity index (χ4n) is 17.4. The molecule has 16 aromatic rings. The molecule has 0 heterocycles. The second kappa shape index (κ2) is 51.2. The summed E-state index contributed by atoms with van der Waals surface area (Å²) in [5, 5.41) is 0. The Bertz CT molecular complexity index is 6880. The van der Waals surface area contributed by atoms with Crippen molar-refractivity contribution in [3.63, 3.8) is 0 Å². The van der Waals surface area contributed by atoms with Gasteiger partial charge in [-0.3, -0.25) is 19.2 Å². The fraction of sp³-hybridized carbons (Fsp3) is 0.265. The maximum absolute atomic E-state index is 12.5. The van der Waals surface area contributed by atoms with Gasteiger partial charge >= 0.3 is 0 Å². The van der Waals surface area contributed by atoms with Crippen LogP contribution in [0, 0.1) is 222 Å². The minimum atomic E-state index is 0.0983. The van der Waals surface area contributed by atoms with Crippen molar-refractivity contribution in [2.75, 3.05) is 0 Å². The number of aryl methyl sites for hydroxylation is 31. The van der Waals surface area contributed by atoms with Crippen molar-refractivity contribution in [2.24, 2.45) is 0 Å². The van der Waals surface area contributed by atoms with Gasteiger partial charge in [0.2, 0.25) is 0 Å². The van der Waals surface area contributed by atoms with Crippen molar-refractivity contribution in [2.45, 2.75) is 247 Å². The zero-order valence-electron chi connectivity index (χ0n) is 90.2. The molecule has 0 atom stereocenters. The first-order valence-electron chi connectivity index (χ1n) is 49.4. The van der Waals surface area contributed by atoms with Crippen molar-refractivity contribution >= 4 is 23.1 Å². The van der Waals surface area contributed by atoms with E-state index in [4.69, 9.17) is 0 Å². The van der Waals surface area contributed by atoms with Gasteiger partial charge in [0.1, 0.15) is 0 Å². The van der Waals surface area contributed by atoms with Crippen LogP contribution in [0.2, 0.25) is 0 Å². The number of hydrogen-bond acceptors (Lipinski definition) is 4. The first-order chi connectivity index (χ1) is 66.1. The summed E-state index contributed by atoms with van der Waals surface area (Å²) in [4.78, 5) is 49.8. The summed E-state index contributed by atoms with van der Waals surface area (Å²) in [5.41, 5.74) is 57.9. The minimum absolute atomic E-state index is 0.0983. The molecule has 0 spiro atoms. The number of benzene rings is 16. The zero-order valence-corrected chi connectivity index (χ0v) is 90.2. The Kier molecular flexibility index (Phi) is 40.2. The summed E-state index contributed by atoms with van der Waals surface area (Å²) >= 11 is 0. The molecule has 0 aliphatic heterocycles. The molecule has 0 aliphatic carbocycles. The van der Waals surface area contributed by atoms with E-state index >= 15 is 0 Å². The van der Waals surface area contributed by atoms with E-state index in [0.29, 0.717) is 0 Å². The van der Waals surface area contributed by atoms with Crippen LogP contribution in [0.4, 0.5) is 0 Å². The molecule has 0 saturated carbocycles. The van der Waals surface area contributed by atoms with Gasteiger partial charge in [0.15, 0.2) is 23.1 Å². The van der Waals surface area contributed by atoms with Gasteiger partial charge in [-0.1, -0.05) is 309 Å². The molecule has 0 radical (unpaired) electrons. The third-order valence-electron chi connectivity index (χ3n) is 26.9. The lowest BCUT2D eigenvalue weighted by atomic mass is 9.94. The predicted molar refractivity (Wildman–Crippen MR) is 600 cm³/mol. The molecular weight excluding hydrogens is 1700 g/mol. The normalized spacial score (nSPS) is 10.5. The molecule has 4 heteroatoms. The number of ketones is 4. The van der Waals surface area contributed by atoms with Gasteiger partial charge < -0.3 is 0 Å². The second-order valence-corrected chi connectivity index (χ2v) is 40.1. The first kappa shape index (κ1) is 110. The standard InChI is InChI=1S/4C17H18O.4C17H20/c1-11-5-7-15(9-13(11)3)17(18)16-8-6-12(2)14(4)10-16;1-11-7-12(2)9-16(8-11)17(18)15-6-5-13(3)14(4)10-15;1-11-5-6-13(3)16(9-11)17(18)15-8-7-12(2)14(4)10-15;1-11-8-9-15(10-13(11)3)17(18)16-7-5-6-12(2)14(16)4;1-12-5-13(2)8-16(7-12)11-17-9-14(3)6-15(4)10-17;1-12-5-8-17(15(4)9-12)11-16-7-6-13(2)14(3)10-16;1-12-5-6-15(4)17(10-12)11-16-8-13(2)7-14(3)9-16;1-12-5-6-14(3)17(9-12)11-16-8-7-13(2)15(4)10-16/h4*5-10H,1-4H3;4*5-10H,11H2,1-4H3. The number of hydrogen-bond donors (Lipinski definition) is 0. The topological polar surface area (TPSA) is 68.3 Å². The highest BCUT2D eigenvalue weighted by molar-refractivity contribution is 6.12. The Labute approximate surface area is 842 Å². The van der Waals surface area contributed by atoms with E-state index in [1.165, 1.54) is 161 Å². The fourth-order valence-corrected chi connectivity index (χ4v) is 17.4. The molecule has 0 aliphatic rings. The molecule has 0 unspecified atom stereocenters. The van der Waals surface area contributed by atoms with Gasteiger partial charge in [0.05, 0.1) is 0 Å². The number of carbonyl (C=O) groups excluding carboxylic acids is 4. The molecule has 16 rings (SSSR count). The lowest BCUT2D eigenvalue weighted by Gasteiger charge is -2.09. The average molecular weight is 1850 g/mol. The van der Waals surface area contributed by atoms with Gasteiger partial charge in [-0.25, -0.2) is 0 Å². The average Bonchev–Trinajstić information content (AvgIpc) is 0.828. The third-order valence-corrected chi connectivity index (χ3v) is 26.9. The van der Waals surface area contributed by atoms with E-state index in [9.17, 15) is 19.2 Å². The van der Waals surface area contributed by atoms with E-state index in [2.05, 4.69) is 297 Å². The third kappa shape index (κ3) is 32.9. The van der Waals surface area contributed by atoms with E-state index in [0.717, 1.165) is 131 Å². The summed E-state index contributed by atoms with van der Waals surface area (Å²) in [6.45, 7) is 67.2. The maximum atomic E-state index is 12.5. The molecule has 16 aromatic carbocycles. The molecule has 0 amide bonds. The van der Waals surface area contributed by atoms with Crippen LogP contribution in [-0.4, -0.2) is 23.1 Å². The largest absolute Gasteiger partial charge is 0.289 e. The zero-order chi connectivity index (χ0) is 103. The number of rotatable bonds is 16. The quantitative estimate of drug-likeness (QED) is 0.0904. The van der Waals surface area contributed by atoms with E-state index in [1.807, 2.05) is 216 Å². The molecule has 0 N–H and O–H groups in total. The van der Waals surface area contributed by atoms with Crippen molar-refractivity contribution in [3.05, 3.63) is 558 Å². The van der Waals surface area contributed by atoms with Crippen LogP contribution in [0.25, 0.3) is 0 Å². The summed E-state index contributed by atoms with van der Waals surface area (Å²) in [7, 11) is 0. The molecule has 720 valence electrons. The van der Waals surface area contributed by atoms with E-state index < -0.39 is 0 Å². The highest BCUT2D eigenvalue weighted by atomic mass is 16.1. The number of carbonyl (C=O) groups is 4. The monoisotopic (exact) mass is 1850 g/mol. The Morgan fingerprint density at radius 2 is 0.407 bits per heavy atom. The smallest absolute Gasteiger partial charge is 0.193 e. The lowest BCUT2D eigenvalue weighted by molar-refractivity contribution is 0.103. The maximum Gasteiger partial charge on any atom is 0.193 e. The van der Waals surface area contributed by atoms with Gasteiger partial charge in [-0.2, -0.15) is 0 Å². The van der Waals surface area contributed by atoms with Crippen molar-refractivity contribution < 1.29 is 19.2 Å². The van der Waals surface area contributed by atoms with Gasteiger partial charge in [-0.05, 0) is 452 Å². The summed E-state index contributed by atoms with van der Waals surface area (Å²) in [6.07, 6.45) is 4.14. The molecular formula is C136H152O4. The Morgan fingerprint density at radius 3 is 0.750 bits per heavy atom. The molecule has 0 bridgehead atoms. The molecule has 0 saturated heterocycles. The highest BCUT2D eigenvalue weighted by Gasteiger charge is 2.18. The second-order valence-electron chi connectivity index (χ2n) is 40.1. The molecule has 0 fully saturated rings. The SMILES string of the molecule is Cc1cc(C)cc(C(=O)c2ccc(C)c(C)c2)c1.Cc1cc(C)cc(Cc2cc(C)cc(C)c2)c1.Cc1cc(C)cc(Cc2cc(C)ccc2C)c1.Cc1ccc(C(=O)c2ccc(C)c(C)c2)cc1C.Cc1ccc(C(=O)c2cccc(C)c2C)cc1C.Cc1ccc(C)c(C(=O)c2ccc(C)c(C)c2)c1.Cc1ccc(C)c(Cc2ccc(C)c(C)c2)c1.Cc1ccc(Cc2ccc(C)c(C)c2)c(C)c1. The van der Waals surface area contributed by atoms with Gasteiger partial charge in [0.25, 0.3) is 0 Å².